The molecule has 6 heteroatoms. The van der Waals surface area contributed by atoms with Gasteiger partial charge in [0.2, 0.25) is 0 Å². The van der Waals surface area contributed by atoms with Crippen LogP contribution >= 0.6 is 15.9 Å². The predicted molar refractivity (Wildman–Crippen MR) is 90.1 cm³/mol. The van der Waals surface area contributed by atoms with Crippen LogP contribution in [0.5, 0.6) is 5.75 Å². The molecule has 0 aliphatic carbocycles. The second-order valence-electron chi connectivity index (χ2n) is 4.97. The summed E-state index contributed by atoms with van der Waals surface area (Å²) in [6.07, 6.45) is -0.862. The Kier molecular flexibility index (Phi) is 5.76. The Labute approximate surface area is 142 Å². The van der Waals surface area contributed by atoms with E-state index in [-0.39, 0.29) is 12.2 Å². The third-order valence-electron chi connectivity index (χ3n) is 3.07. The second-order valence-corrected chi connectivity index (χ2v) is 5.89. The van der Waals surface area contributed by atoms with Gasteiger partial charge in [0.05, 0.1) is 6.42 Å². The van der Waals surface area contributed by atoms with Crippen LogP contribution in [-0.2, 0) is 20.7 Å². The molecule has 0 aliphatic rings. The first kappa shape index (κ1) is 17.0. The number of carbonyl (C=O) groups excluding carboxylic acids is 2. The van der Waals surface area contributed by atoms with Gasteiger partial charge in [0, 0.05) is 10.2 Å². The van der Waals surface area contributed by atoms with Crippen molar-refractivity contribution < 1.29 is 19.4 Å². The van der Waals surface area contributed by atoms with Crippen molar-refractivity contribution in [3.05, 3.63) is 58.6 Å². The minimum atomic E-state index is -0.900. The topological polar surface area (TPSA) is 75.6 Å². The van der Waals surface area contributed by atoms with Gasteiger partial charge in [0.1, 0.15) is 5.75 Å². The van der Waals surface area contributed by atoms with Crippen LogP contribution in [0.1, 0.15) is 12.5 Å². The molecule has 0 radical (unpaired) electrons. The van der Waals surface area contributed by atoms with Crippen LogP contribution in [0.15, 0.2) is 53.0 Å². The summed E-state index contributed by atoms with van der Waals surface area (Å²) in [4.78, 5) is 23.8. The van der Waals surface area contributed by atoms with E-state index in [9.17, 15) is 14.7 Å². The minimum absolute atomic E-state index is 0.0379. The van der Waals surface area contributed by atoms with E-state index in [1.807, 2.05) is 0 Å². The molecular weight excluding hydrogens is 362 g/mol. The molecule has 0 saturated carbocycles. The van der Waals surface area contributed by atoms with Crippen molar-refractivity contribution in [3.8, 4) is 5.75 Å². The maximum absolute atomic E-state index is 12.0. The zero-order valence-corrected chi connectivity index (χ0v) is 14.0. The number of phenols is 1. The fourth-order valence-electron chi connectivity index (χ4n) is 1.85. The van der Waals surface area contributed by atoms with Gasteiger partial charge in [-0.25, -0.2) is 0 Å². The van der Waals surface area contributed by atoms with Crippen LogP contribution in [-0.4, -0.2) is 23.1 Å². The number of rotatable bonds is 5. The van der Waals surface area contributed by atoms with E-state index in [1.54, 1.807) is 36.4 Å². The van der Waals surface area contributed by atoms with Gasteiger partial charge >= 0.3 is 5.97 Å². The van der Waals surface area contributed by atoms with Crippen molar-refractivity contribution in [3.63, 3.8) is 0 Å². The first-order chi connectivity index (χ1) is 10.9. The van der Waals surface area contributed by atoms with Crippen molar-refractivity contribution >= 4 is 33.5 Å². The molecule has 2 N–H and O–H groups in total. The summed E-state index contributed by atoms with van der Waals surface area (Å²) < 4.78 is 6.03. The lowest BCUT2D eigenvalue weighted by Crippen LogP contribution is -2.30. The molecule has 0 aliphatic heterocycles. The average molecular weight is 378 g/mol. The Morgan fingerprint density at radius 2 is 1.74 bits per heavy atom. The highest BCUT2D eigenvalue weighted by Gasteiger charge is 2.18. The van der Waals surface area contributed by atoms with E-state index in [0.29, 0.717) is 11.3 Å². The Morgan fingerprint density at radius 3 is 2.35 bits per heavy atom. The number of carbonyl (C=O) groups is 2. The Bertz CT molecular complexity index is 683. The Morgan fingerprint density at radius 1 is 1.13 bits per heavy atom. The van der Waals surface area contributed by atoms with Gasteiger partial charge in [0.15, 0.2) is 6.10 Å². The number of halogens is 1. The molecule has 0 saturated heterocycles. The third-order valence-corrected chi connectivity index (χ3v) is 3.60. The molecule has 0 heterocycles. The largest absolute Gasteiger partial charge is 0.508 e. The van der Waals surface area contributed by atoms with E-state index < -0.39 is 18.0 Å². The standard InChI is InChI=1S/C17H16BrNO4/c1-11(17(22)19-14-6-4-13(18)5-7-14)23-16(21)10-12-2-8-15(20)9-3-12/h2-9,11,20H,10H2,1H3,(H,19,22)/t11-/m1/s1. The fraction of sp³-hybridized carbons (Fsp3) is 0.176. The van der Waals surface area contributed by atoms with Gasteiger partial charge in [-0.3, -0.25) is 9.59 Å². The Hall–Kier alpha value is -2.34. The van der Waals surface area contributed by atoms with E-state index in [0.717, 1.165) is 4.47 Å². The lowest BCUT2D eigenvalue weighted by atomic mass is 10.1. The summed E-state index contributed by atoms with van der Waals surface area (Å²) >= 11 is 3.31. The quantitative estimate of drug-likeness (QED) is 0.784. The number of anilines is 1. The molecule has 1 amide bonds. The summed E-state index contributed by atoms with van der Waals surface area (Å²) in [5, 5.41) is 11.9. The van der Waals surface area contributed by atoms with Crippen molar-refractivity contribution in [1.29, 1.82) is 0 Å². The van der Waals surface area contributed by atoms with Crippen molar-refractivity contribution in [2.24, 2.45) is 0 Å². The summed E-state index contributed by atoms with van der Waals surface area (Å²) in [6.45, 7) is 1.52. The number of hydrogen-bond acceptors (Lipinski definition) is 4. The SMILES string of the molecule is C[C@@H](OC(=O)Cc1ccc(O)cc1)C(=O)Nc1ccc(Br)cc1. The molecule has 0 unspecified atom stereocenters. The molecule has 0 spiro atoms. The zero-order chi connectivity index (χ0) is 16.8. The highest BCUT2D eigenvalue weighted by atomic mass is 79.9. The normalized spacial score (nSPS) is 11.6. The number of ether oxygens (including phenoxy) is 1. The summed E-state index contributed by atoms with van der Waals surface area (Å²) in [5.41, 5.74) is 1.33. The average Bonchev–Trinajstić information content (AvgIpc) is 2.51. The molecule has 2 aromatic rings. The highest BCUT2D eigenvalue weighted by molar-refractivity contribution is 9.10. The molecule has 1 atom stereocenters. The minimum Gasteiger partial charge on any atom is -0.508 e. The van der Waals surface area contributed by atoms with Gasteiger partial charge in [0.25, 0.3) is 5.91 Å². The molecular formula is C17H16BrNO4. The monoisotopic (exact) mass is 377 g/mol. The Balaban J connectivity index is 1.86. The van der Waals surface area contributed by atoms with Crippen LogP contribution in [0.4, 0.5) is 5.69 Å². The molecule has 2 aromatic carbocycles. The number of benzene rings is 2. The van der Waals surface area contributed by atoms with E-state index in [1.165, 1.54) is 19.1 Å². The summed E-state index contributed by atoms with van der Waals surface area (Å²) in [5.74, 6) is -0.773. The van der Waals surface area contributed by atoms with E-state index in [2.05, 4.69) is 21.2 Å². The number of nitrogens with one attached hydrogen (secondary N) is 1. The lowest BCUT2D eigenvalue weighted by Gasteiger charge is -2.13. The second kappa shape index (κ2) is 7.78. The van der Waals surface area contributed by atoms with Crippen LogP contribution in [0.3, 0.4) is 0 Å². The number of esters is 1. The van der Waals surface area contributed by atoms with Gasteiger partial charge in [-0.2, -0.15) is 0 Å². The predicted octanol–water partition coefficient (Wildman–Crippen LogP) is 3.27. The summed E-state index contributed by atoms with van der Waals surface area (Å²) in [7, 11) is 0. The zero-order valence-electron chi connectivity index (χ0n) is 12.5. The number of amides is 1. The lowest BCUT2D eigenvalue weighted by molar-refractivity contribution is -0.152. The fourth-order valence-corrected chi connectivity index (χ4v) is 2.11. The number of aromatic hydroxyl groups is 1. The van der Waals surface area contributed by atoms with Gasteiger partial charge in [-0.15, -0.1) is 0 Å². The van der Waals surface area contributed by atoms with E-state index >= 15 is 0 Å². The van der Waals surface area contributed by atoms with Crippen LogP contribution < -0.4 is 5.32 Å². The third kappa shape index (κ3) is 5.41. The molecule has 0 bridgehead atoms. The maximum Gasteiger partial charge on any atom is 0.311 e. The van der Waals surface area contributed by atoms with Gasteiger partial charge < -0.3 is 15.2 Å². The smallest absolute Gasteiger partial charge is 0.311 e. The number of hydrogen-bond donors (Lipinski definition) is 2. The summed E-state index contributed by atoms with van der Waals surface area (Å²) in [6, 6.07) is 13.3. The van der Waals surface area contributed by atoms with Crippen LogP contribution in [0.2, 0.25) is 0 Å². The van der Waals surface area contributed by atoms with Crippen molar-refractivity contribution in [2.45, 2.75) is 19.4 Å². The molecule has 0 fully saturated rings. The molecule has 0 aromatic heterocycles. The molecule has 120 valence electrons. The molecule has 23 heavy (non-hydrogen) atoms. The van der Waals surface area contributed by atoms with Gasteiger partial charge in [-0.05, 0) is 48.9 Å². The number of phenolic OH excluding ortho intramolecular Hbond substituents is 1. The van der Waals surface area contributed by atoms with Crippen molar-refractivity contribution in [1.82, 2.24) is 0 Å². The van der Waals surface area contributed by atoms with Gasteiger partial charge in [-0.1, -0.05) is 28.1 Å². The first-order valence-corrected chi connectivity index (χ1v) is 7.77. The maximum atomic E-state index is 12.0. The highest BCUT2D eigenvalue weighted by Crippen LogP contribution is 2.15. The molecule has 5 nitrogen and oxygen atoms in total. The molecule has 2 rings (SSSR count). The van der Waals surface area contributed by atoms with Crippen LogP contribution in [0.25, 0.3) is 0 Å². The van der Waals surface area contributed by atoms with E-state index in [4.69, 9.17) is 4.74 Å². The first-order valence-electron chi connectivity index (χ1n) is 6.98. The van der Waals surface area contributed by atoms with Crippen molar-refractivity contribution in [2.75, 3.05) is 5.32 Å². The van der Waals surface area contributed by atoms with Crippen LogP contribution in [0, 0.1) is 0 Å².